The summed E-state index contributed by atoms with van der Waals surface area (Å²) in [6.45, 7) is 1.90. The topological polar surface area (TPSA) is 120 Å². The highest BCUT2D eigenvalue weighted by Crippen LogP contribution is 2.26. The maximum absolute atomic E-state index is 12.1. The van der Waals surface area contributed by atoms with Crippen LogP contribution in [0.3, 0.4) is 0 Å². The molecule has 0 aliphatic carbocycles. The number of hydrazone groups is 1. The number of anilines is 2. The van der Waals surface area contributed by atoms with Gasteiger partial charge in [0.1, 0.15) is 0 Å². The lowest BCUT2D eigenvalue weighted by molar-refractivity contribution is -0.384. The zero-order chi connectivity index (χ0) is 18.2. The first kappa shape index (κ1) is 18.3. The Bertz CT molecular complexity index is 793. The maximum Gasteiger partial charge on any atom is 0.365 e. The molecule has 0 atom stereocenters. The number of rotatable bonds is 5. The molecule has 0 aliphatic rings. The summed E-state index contributed by atoms with van der Waals surface area (Å²) in [4.78, 5) is 22.9. The van der Waals surface area contributed by atoms with E-state index in [4.69, 9.17) is 10.5 Å². The first-order valence-electron chi connectivity index (χ1n) is 7.29. The zero-order valence-corrected chi connectivity index (χ0v) is 14.2. The molecular formula is C16H16N4O4S. The van der Waals surface area contributed by atoms with Crippen LogP contribution in [0.2, 0.25) is 0 Å². The van der Waals surface area contributed by atoms with E-state index >= 15 is 0 Å². The molecule has 3 N–H and O–H groups in total. The van der Waals surface area contributed by atoms with Gasteiger partial charge in [0.2, 0.25) is 5.04 Å². The fraction of sp³-hybridized carbons (Fsp3) is 0.125. The van der Waals surface area contributed by atoms with Gasteiger partial charge in [-0.15, -0.1) is 0 Å². The van der Waals surface area contributed by atoms with E-state index in [0.29, 0.717) is 16.3 Å². The lowest BCUT2D eigenvalue weighted by Crippen LogP contribution is -2.16. The molecule has 0 radical (unpaired) electrons. The Balaban J connectivity index is 2.19. The summed E-state index contributed by atoms with van der Waals surface area (Å²) >= 11 is 1.07. The number of nitro groups is 1. The summed E-state index contributed by atoms with van der Waals surface area (Å²) in [5.74, 6) is -0.592. The van der Waals surface area contributed by atoms with Crippen molar-refractivity contribution in [1.29, 1.82) is 0 Å². The second-order valence-electron chi connectivity index (χ2n) is 4.69. The number of hydrogen-bond acceptors (Lipinski definition) is 8. The third kappa shape index (κ3) is 5.21. The van der Waals surface area contributed by atoms with Crippen molar-refractivity contribution in [3.63, 3.8) is 0 Å². The van der Waals surface area contributed by atoms with Crippen LogP contribution in [0.4, 0.5) is 17.1 Å². The largest absolute Gasteiger partial charge is 0.461 e. The van der Waals surface area contributed by atoms with Gasteiger partial charge in [-0.3, -0.25) is 15.5 Å². The minimum Gasteiger partial charge on any atom is -0.461 e. The molecule has 0 aliphatic heterocycles. The lowest BCUT2D eigenvalue weighted by atomic mass is 10.3. The number of nitrogens with one attached hydrogen (secondary N) is 1. The second-order valence-corrected chi connectivity index (χ2v) is 5.72. The quantitative estimate of drug-likeness (QED) is 0.160. The van der Waals surface area contributed by atoms with Gasteiger partial charge in [-0.1, -0.05) is 23.9 Å². The molecule has 0 aromatic heterocycles. The fourth-order valence-corrected chi connectivity index (χ4v) is 2.53. The lowest BCUT2D eigenvalue weighted by Gasteiger charge is -2.08. The van der Waals surface area contributed by atoms with Gasteiger partial charge in [0.25, 0.3) is 5.69 Å². The summed E-state index contributed by atoms with van der Waals surface area (Å²) in [6.07, 6.45) is 0. The van der Waals surface area contributed by atoms with Crippen LogP contribution in [-0.2, 0) is 9.53 Å². The molecule has 0 unspecified atom stereocenters. The van der Waals surface area contributed by atoms with Crippen molar-refractivity contribution in [2.75, 3.05) is 17.8 Å². The SMILES string of the molecule is CCOC(=O)/C(=N/Nc1ccc([N+](=O)[O-])cc1)Sc1ccccc1N. The van der Waals surface area contributed by atoms with E-state index in [1.807, 2.05) is 0 Å². The summed E-state index contributed by atoms with van der Waals surface area (Å²) in [5, 5.41) is 14.8. The van der Waals surface area contributed by atoms with E-state index in [2.05, 4.69) is 10.5 Å². The number of benzene rings is 2. The molecule has 9 heteroatoms. The molecular weight excluding hydrogens is 344 g/mol. The number of ether oxygens (including phenoxy) is 1. The monoisotopic (exact) mass is 360 g/mol. The normalized spacial score (nSPS) is 11.0. The fourth-order valence-electron chi connectivity index (χ4n) is 1.75. The molecule has 0 bridgehead atoms. The molecule has 0 saturated heterocycles. The number of esters is 1. The summed E-state index contributed by atoms with van der Waals surface area (Å²) in [6, 6.07) is 12.7. The minimum absolute atomic E-state index is 0.0356. The van der Waals surface area contributed by atoms with Crippen LogP contribution in [-0.4, -0.2) is 22.5 Å². The molecule has 2 rings (SSSR count). The number of para-hydroxylation sites is 1. The highest BCUT2D eigenvalue weighted by atomic mass is 32.2. The van der Waals surface area contributed by atoms with E-state index in [1.54, 1.807) is 31.2 Å². The molecule has 0 fully saturated rings. The smallest absolute Gasteiger partial charge is 0.365 e. The molecule has 0 saturated carbocycles. The Labute approximate surface area is 148 Å². The Morgan fingerprint density at radius 2 is 1.96 bits per heavy atom. The minimum atomic E-state index is -0.592. The molecule has 25 heavy (non-hydrogen) atoms. The molecule has 0 heterocycles. The summed E-state index contributed by atoms with van der Waals surface area (Å²) in [7, 11) is 0. The van der Waals surface area contributed by atoms with E-state index in [1.165, 1.54) is 24.3 Å². The van der Waals surface area contributed by atoms with Crippen LogP contribution in [0.15, 0.2) is 58.5 Å². The number of nitrogens with two attached hydrogens (primary N) is 1. The van der Waals surface area contributed by atoms with Crippen molar-refractivity contribution in [2.45, 2.75) is 11.8 Å². The predicted molar refractivity (Wildman–Crippen MR) is 97.5 cm³/mol. The van der Waals surface area contributed by atoms with Crippen LogP contribution >= 0.6 is 11.8 Å². The second kappa shape index (κ2) is 8.69. The summed E-state index contributed by atoms with van der Waals surface area (Å²) in [5.41, 5.74) is 9.55. The first-order valence-corrected chi connectivity index (χ1v) is 8.10. The van der Waals surface area contributed by atoms with E-state index in [0.717, 1.165) is 11.8 Å². The average molecular weight is 360 g/mol. The number of nitrogens with zero attached hydrogens (tertiary/aromatic N) is 2. The van der Waals surface area contributed by atoms with Crippen LogP contribution in [0.5, 0.6) is 0 Å². The molecule has 2 aromatic carbocycles. The van der Waals surface area contributed by atoms with Gasteiger partial charge in [-0.25, -0.2) is 4.79 Å². The van der Waals surface area contributed by atoms with Gasteiger partial charge in [0.05, 0.1) is 17.2 Å². The number of thioether (sulfide) groups is 1. The number of carbonyl (C=O) groups excluding carboxylic acids is 1. The van der Waals surface area contributed by atoms with Gasteiger partial charge in [0.15, 0.2) is 0 Å². The Morgan fingerprint density at radius 3 is 2.56 bits per heavy atom. The summed E-state index contributed by atoms with van der Waals surface area (Å²) < 4.78 is 4.99. The van der Waals surface area contributed by atoms with Crippen molar-refractivity contribution in [3.05, 3.63) is 58.6 Å². The Kier molecular flexibility index (Phi) is 6.35. The van der Waals surface area contributed by atoms with Crippen LogP contribution in [0, 0.1) is 10.1 Å². The third-order valence-electron chi connectivity index (χ3n) is 2.94. The van der Waals surface area contributed by atoms with Gasteiger partial charge < -0.3 is 10.5 Å². The number of non-ortho nitro benzene ring substituents is 1. The van der Waals surface area contributed by atoms with Gasteiger partial charge in [0, 0.05) is 22.7 Å². The number of hydrogen-bond donors (Lipinski definition) is 2. The zero-order valence-electron chi connectivity index (χ0n) is 13.3. The van der Waals surface area contributed by atoms with Crippen molar-refractivity contribution in [3.8, 4) is 0 Å². The number of nitro benzene ring substituents is 1. The molecule has 0 spiro atoms. The van der Waals surface area contributed by atoms with E-state index < -0.39 is 10.9 Å². The Morgan fingerprint density at radius 1 is 1.28 bits per heavy atom. The third-order valence-corrected chi connectivity index (χ3v) is 3.98. The molecule has 8 nitrogen and oxygen atoms in total. The highest BCUT2D eigenvalue weighted by Gasteiger charge is 2.16. The van der Waals surface area contributed by atoms with Crippen molar-refractivity contribution in [1.82, 2.24) is 0 Å². The van der Waals surface area contributed by atoms with Gasteiger partial charge >= 0.3 is 5.97 Å². The first-order chi connectivity index (χ1) is 12.0. The predicted octanol–water partition coefficient (Wildman–Crippen LogP) is 3.26. The number of carbonyl (C=O) groups is 1. The van der Waals surface area contributed by atoms with Crippen LogP contribution in [0.25, 0.3) is 0 Å². The van der Waals surface area contributed by atoms with Crippen molar-refractivity contribution in [2.24, 2.45) is 5.10 Å². The van der Waals surface area contributed by atoms with Crippen molar-refractivity contribution >= 4 is 39.8 Å². The molecule has 0 amide bonds. The van der Waals surface area contributed by atoms with E-state index in [-0.39, 0.29) is 17.3 Å². The highest BCUT2D eigenvalue weighted by molar-refractivity contribution is 8.15. The average Bonchev–Trinajstić information content (AvgIpc) is 2.60. The number of nitrogen functional groups attached to an aromatic ring is 1. The Hall–Kier alpha value is -3.07. The molecule has 130 valence electrons. The van der Waals surface area contributed by atoms with Gasteiger partial charge in [-0.05, 0) is 31.2 Å². The maximum atomic E-state index is 12.1. The van der Waals surface area contributed by atoms with Crippen LogP contribution < -0.4 is 11.2 Å². The van der Waals surface area contributed by atoms with Crippen LogP contribution in [0.1, 0.15) is 6.92 Å². The van der Waals surface area contributed by atoms with E-state index in [9.17, 15) is 14.9 Å². The van der Waals surface area contributed by atoms with Gasteiger partial charge in [-0.2, -0.15) is 5.10 Å². The molecule has 2 aromatic rings. The van der Waals surface area contributed by atoms with Crippen molar-refractivity contribution < 1.29 is 14.5 Å². The standard InChI is InChI=1S/C16H16N4O4S/c1-2-24-16(21)15(25-14-6-4-3-5-13(14)17)19-18-11-7-9-12(10-8-11)20(22)23/h3-10,18H,2,17H2,1H3/b19-15-.